The molecule has 0 bridgehead atoms. The third-order valence-corrected chi connectivity index (χ3v) is 3.51. The molecule has 0 aliphatic rings. The largest absolute Gasteiger partial charge is 0.481 e. The summed E-state index contributed by atoms with van der Waals surface area (Å²) in [6.45, 7) is 6.05. The zero-order valence-corrected chi connectivity index (χ0v) is 13.4. The van der Waals surface area contributed by atoms with Crippen LogP contribution in [-0.4, -0.2) is 12.0 Å². The van der Waals surface area contributed by atoms with Crippen molar-refractivity contribution >= 4 is 5.91 Å². The molecule has 0 aliphatic carbocycles. The summed E-state index contributed by atoms with van der Waals surface area (Å²) in [7, 11) is 0. The molecule has 0 saturated heterocycles. The zero-order valence-electron chi connectivity index (χ0n) is 13.4. The van der Waals surface area contributed by atoms with Crippen LogP contribution in [0.25, 0.3) is 0 Å². The van der Waals surface area contributed by atoms with Crippen LogP contribution in [0.2, 0.25) is 0 Å². The second-order valence-corrected chi connectivity index (χ2v) is 6.10. The molecule has 21 heavy (non-hydrogen) atoms. The van der Waals surface area contributed by atoms with Crippen LogP contribution in [0.3, 0.4) is 0 Å². The maximum absolute atomic E-state index is 11.5. The van der Waals surface area contributed by atoms with Gasteiger partial charge in [-0.3, -0.25) is 4.79 Å². The van der Waals surface area contributed by atoms with E-state index in [1.807, 2.05) is 38.1 Å². The quantitative estimate of drug-likeness (QED) is 0.686. The smallest absolute Gasteiger partial charge is 0.258 e. The van der Waals surface area contributed by atoms with Crippen molar-refractivity contribution in [3.8, 4) is 5.75 Å². The molecule has 1 unspecified atom stereocenters. The SMILES string of the molecule is CCCCCCC(Oc1ccc(C(C)(C)N)cc1)C(N)=O. The van der Waals surface area contributed by atoms with E-state index in [0.717, 1.165) is 18.4 Å². The summed E-state index contributed by atoms with van der Waals surface area (Å²) in [5.74, 6) is 0.247. The van der Waals surface area contributed by atoms with E-state index < -0.39 is 12.0 Å². The Bertz CT molecular complexity index is 435. The number of hydrogen-bond donors (Lipinski definition) is 2. The van der Waals surface area contributed by atoms with Gasteiger partial charge in [0.1, 0.15) is 5.75 Å². The standard InChI is InChI=1S/C17H28N2O2/c1-4-5-6-7-8-15(16(18)20)21-14-11-9-13(10-12-14)17(2,3)19/h9-12,15H,4-8,19H2,1-3H3,(H2,18,20). The highest BCUT2D eigenvalue weighted by Crippen LogP contribution is 2.22. The van der Waals surface area contributed by atoms with E-state index in [2.05, 4.69) is 6.92 Å². The molecule has 0 aliphatic heterocycles. The molecule has 1 aromatic rings. The molecule has 0 spiro atoms. The van der Waals surface area contributed by atoms with Crippen LogP contribution in [0.5, 0.6) is 5.75 Å². The Hall–Kier alpha value is -1.55. The summed E-state index contributed by atoms with van der Waals surface area (Å²) in [5, 5.41) is 0. The van der Waals surface area contributed by atoms with Crippen molar-refractivity contribution in [2.75, 3.05) is 0 Å². The fourth-order valence-corrected chi connectivity index (χ4v) is 2.14. The van der Waals surface area contributed by atoms with Crippen LogP contribution in [0.1, 0.15) is 58.4 Å². The first-order chi connectivity index (χ1) is 9.84. The number of hydrogen-bond acceptors (Lipinski definition) is 3. The fourth-order valence-electron chi connectivity index (χ4n) is 2.14. The summed E-state index contributed by atoms with van der Waals surface area (Å²) in [6, 6.07) is 7.52. The Morgan fingerprint density at radius 1 is 1.19 bits per heavy atom. The van der Waals surface area contributed by atoms with Gasteiger partial charge in [-0.2, -0.15) is 0 Å². The number of benzene rings is 1. The Morgan fingerprint density at radius 2 is 1.81 bits per heavy atom. The molecule has 1 amide bonds. The van der Waals surface area contributed by atoms with Crippen LogP contribution >= 0.6 is 0 Å². The van der Waals surface area contributed by atoms with Crippen molar-refractivity contribution in [3.63, 3.8) is 0 Å². The Labute approximate surface area is 127 Å². The maximum atomic E-state index is 11.5. The molecule has 4 heteroatoms. The Morgan fingerprint density at radius 3 is 2.29 bits per heavy atom. The van der Waals surface area contributed by atoms with E-state index in [0.29, 0.717) is 12.2 Å². The van der Waals surface area contributed by atoms with E-state index in [9.17, 15) is 4.79 Å². The molecule has 1 rings (SSSR count). The van der Waals surface area contributed by atoms with Crippen LogP contribution < -0.4 is 16.2 Å². The lowest BCUT2D eigenvalue weighted by Crippen LogP contribution is -2.33. The Balaban J connectivity index is 2.60. The Kier molecular flexibility index (Phi) is 6.69. The molecule has 0 saturated carbocycles. The van der Waals surface area contributed by atoms with Crippen LogP contribution in [0.15, 0.2) is 24.3 Å². The van der Waals surface area contributed by atoms with Crippen molar-refractivity contribution in [1.82, 2.24) is 0 Å². The molecular weight excluding hydrogens is 264 g/mol. The first-order valence-corrected chi connectivity index (χ1v) is 7.70. The molecular formula is C17H28N2O2. The number of unbranched alkanes of at least 4 members (excludes halogenated alkanes) is 3. The van der Waals surface area contributed by atoms with E-state index in [1.54, 1.807) is 0 Å². The van der Waals surface area contributed by atoms with E-state index >= 15 is 0 Å². The van der Waals surface area contributed by atoms with Gasteiger partial charge in [-0.1, -0.05) is 38.3 Å². The summed E-state index contributed by atoms with van der Waals surface area (Å²) in [5.41, 5.74) is 12.1. The van der Waals surface area contributed by atoms with Gasteiger partial charge in [0.25, 0.3) is 5.91 Å². The minimum Gasteiger partial charge on any atom is -0.481 e. The lowest BCUT2D eigenvalue weighted by molar-refractivity contribution is -0.125. The monoisotopic (exact) mass is 292 g/mol. The van der Waals surface area contributed by atoms with Crippen LogP contribution in [0, 0.1) is 0 Å². The normalized spacial score (nSPS) is 13.0. The highest BCUT2D eigenvalue weighted by atomic mass is 16.5. The fraction of sp³-hybridized carbons (Fsp3) is 0.588. The zero-order chi connectivity index (χ0) is 15.9. The van der Waals surface area contributed by atoms with Gasteiger partial charge >= 0.3 is 0 Å². The van der Waals surface area contributed by atoms with Crippen molar-refractivity contribution in [3.05, 3.63) is 29.8 Å². The van der Waals surface area contributed by atoms with Crippen molar-refractivity contribution in [1.29, 1.82) is 0 Å². The van der Waals surface area contributed by atoms with E-state index in [1.165, 1.54) is 12.8 Å². The van der Waals surface area contributed by atoms with Gasteiger partial charge in [0.2, 0.25) is 0 Å². The van der Waals surface area contributed by atoms with Crippen LogP contribution in [0.4, 0.5) is 0 Å². The van der Waals surface area contributed by atoms with Crippen LogP contribution in [-0.2, 0) is 10.3 Å². The molecule has 4 nitrogen and oxygen atoms in total. The minimum absolute atomic E-state index is 0.387. The van der Waals surface area contributed by atoms with Crippen molar-refractivity contribution in [2.45, 2.75) is 64.5 Å². The number of ether oxygens (including phenoxy) is 1. The highest BCUT2D eigenvalue weighted by Gasteiger charge is 2.18. The van der Waals surface area contributed by atoms with Gasteiger partial charge in [0, 0.05) is 5.54 Å². The molecule has 118 valence electrons. The molecule has 0 fully saturated rings. The van der Waals surface area contributed by atoms with Gasteiger partial charge in [-0.15, -0.1) is 0 Å². The van der Waals surface area contributed by atoms with Gasteiger partial charge in [-0.25, -0.2) is 0 Å². The summed E-state index contributed by atoms with van der Waals surface area (Å²) >= 11 is 0. The average molecular weight is 292 g/mol. The van der Waals surface area contributed by atoms with Gasteiger partial charge < -0.3 is 16.2 Å². The van der Waals surface area contributed by atoms with Gasteiger partial charge in [0.15, 0.2) is 6.10 Å². The number of primary amides is 1. The summed E-state index contributed by atoms with van der Waals surface area (Å²) in [4.78, 5) is 11.5. The number of carbonyl (C=O) groups is 1. The number of carbonyl (C=O) groups excluding carboxylic acids is 1. The predicted octanol–water partition coefficient (Wildman–Crippen LogP) is 3.08. The third kappa shape index (κ3) is 6.17. The molecule has 0 aromatic heterocycles. The van der Waals surface area contributed by atoms with Crippen molar-refractivity contribution in [2.24, 2.45) is 11.5 Å². The second kappa shape index (κ2) is 8.03. The van der Waals surface area contributed by atoms with Crippen molar-refractivity contribution < 1.29 is 9.53 Å². The third-order valence-electron chi connectivity index (χ3n) is 3.51. The first kappa shape index (κ1) is 17.5. The highest BCUT2D eigenvalue weighted by molar-refractivity contribution is 5.79. The second-order valence-electron chi connectivity index (χ2n) is 6.10. The predicted molar refractivity (Wildman–Crippen MR) is 86.0 cm³/mol. The molecule has 4 N–H and O–H groups in total. The number of amides is 1. The number of nitrogens with two attached hydrogens (primary N) is 2. The minimum atomic E-state index is -0.557. The van der Waals surface area contributed by atoms with Gasteiger partial charge in [-0.05, 0) is 44.4 Å². The van der Waals surface area contributed by atoms with E-state index in [4.69, 9.17) is 16.2 Å². The summed E-state index contributed by atoms with van der Waals surface area (Å²) in [6.07, 6.45) is 4.50. The topological polar surface area (TPSA) is 78.3 Å². The van der Waals surface area contributed by atoms with Gasteiger partial charge in [0.05, 0.1) is 0 Å². The lowest BCUT2D eigenvalue weighted by atomic mass is 9.96. The first-order valence-electron chi connectivity index (χ1n) is 7.70. The molecule has 1 aromatic carbocycles. The lowest BCUT2D eigenvalue weighted by Gasteiger charge is -2.20. The molecule has 0 heterocycles. The van der Waals surface area contributed by atoms with E-state index in [-0.39, 0.29) is 5.54 Å². The number of rotatable bonds is 9. The molecule has 0 radical (unpaired) electrons. The maximum Gasteiger partial charge on any atom is 0.258 e. The molecule has 1 atom stereocenters. The summed E-state index contributed by atoms with van der Waals surface area (Å²) < 4.78 is 5.71. The average Bonchev–Trinajstić information content (AvgIpc) is 2.41.